The van der Waals surface area contributed by atoms with Crippen molar-refractivity contribution in [3.05, 3.63) is 0 Å². The third-order valence-electron chi connectivity index (χ3n) is 3.02. The summed E-state index contributed by atoms with van der Waals surface area (Å²) >= 11 is 0. The van der Waals surface area contributed by atoms with Crippen molar-refractivity contribution in [2.75, 3.05) is 32.8 Å². The predicted molar refractivity (Wildman–Crippen MR) is 68.1 cm³/mol. The SMILES string of the molecule is CCCNC(=O)NC(=O)CN1CCCC(CO)C1. The van der Waals surface area contributed by atoms with Gasteiger partial charge in [0, 0.05) is 19.7 Å². The van der Waals surface area contributed by atoms with Gasteiger partial charge in [0.2, 0.25) is 5.91 Å². The van der Waals surface area contributed by atoms with Gasteiger partial charge in [0.15, 0.2) is 0 Å². The number of hydrogen-bond acceptors (Lipinski definition) is 4. The zero-order valence-electron chi connectivity index (χ0n) is 10.9. The van der Waals surface area contributed by atoms with Crippen molar-refractivity contribution < 1.29 is 14.7 Å². The fourth-order valence-corrected chi connectivity index (χ4v) is 2.10. The van der Waals surface area contributed by atoms with Crippen LogP contribution < -0.4 is 10.6 Å². The quantitative estimate of drug-likeness (QED) is 0.644. The molecule has 18 heavy (non-hydrogen) atoms. The first-order chi connectivity index (χ1) is 8.65. The predicted octanol–water partition coefficient (Wildman–Crippen LogP) is -0.0735. The molecule has 1 unspecified atom stereocenters. The Morgan fingerprint density at radius 3 is 2.89 bits per heavy atom. The summed E-state index contributed by atoms with van der Waals surface area (Å²) in [5.74, 6) is -0.0392. The minimum Gasteiger partial charge on any atom is -0.396 e. The number of nitrogens with zero attached hydrogens (tertiary/aromatic N) is 1. The molecule has 0 aromatic heterocycles. The van der Waals surface area contributed by atoms with E-state index in [-0.39, 0.29) is 25.0 Å². The number of imide groups is 1. The maximum atomic E-state index is 11.6. The second-order valence-corrected chi connectivity index (χ2v) is 4.73. The molecule has 1 fully saturated rings. The molecule has 1 aliphatic heterocycles. The number of rotatable bonds is 5. The summed E-state index contributed by atoms with van der Waals surface area (Å²) in [6, 6.07) is -0.433. The standard InChI is InChI=1S/C12H23N3O3/c1-2-5-13-12(18)14-11(17)8-15-6-3-4-10(7-15)9-16/h10,16H,2-9H2,1H3,(H2,13,14,17,18). The molecular weight excluding hydrogens is 234 g/mol. The molecule has 1 heterocycles. The van der Waals surface area contributed by atoms with E-state index in [4.69, 9.17) is 5.11 Å². The molecule has 1 aliphatic rings. The highest BCUT2D eigenvalue weighted by Crippen LogP contribution is 2.14. The van der Waals surface area contributed by atoms with Gasteiger partial charge in [-0.3, -0.25) is 15.0 Å². The molecule has 6 heteroatoms. The Hall–Kier alpha value is -1.14. The maximum Gasteiger partial charge on any atom is 0.321 e. The molecule has 0 radical (unpaired) electrons. The fraction of sp³-hybridized carbons (Fsp3) is 0.833. The van der Waals surface area contributed by atoms with E-state index in [0.717, 1.165) is 32.4 Å². The van der Waals surface area contributed by atoms with Gasteiger partial charge in [-0.05, 0) is 31.7 Å². The number of hydrogen-bond donors (Lipinski definition) is 3. The van der Waals surface area contributed by atoms with Crippen LogP contribution in [-0.4, -0.2) is 54.7 Å². The normalized spacial score (nSPS) is 20.4. The molecule has 0 bridgehead atoms. The van der Waals surface area contributed by atoms with Crippen molar-refractivity contribution in [2.24, 2.45) is 5.92 Å². The van der Waals surface area contributed by atoms with Gasteiger partial charge in [-0.25, -0.2) is 4.79 Å². The van der Waals surface area contributed by atoms with Crippen LogP contribution >= 0.6 is 0 Å². The Morgan fingerprint density at radius 1 is 1.44 bits per heavy atom. The fourth-order valence-electron chi connectivity index (χ4n) is 2.10. The van der Waals surface area contributed by atoms with Crippen LogP contribution in [-0.2, 0) is 4.79 Å². The molecule has 6 nitrogen and oxygen atoms in total. The Kier molecular flexibility index (Phi) is 6.67. The molecule has 3 amide bonds. The Balaban J connectivity index is 2.24. The first kappa shape index (κ1) is 14.9. The molecule has 1 atom stereocenters. The average molecular weight is 257 g/mol. The average Bonchev–Trinajstić information content (AvgIpc) is 2.36. The number of carbonyl (C=O) groups excluding carboxylic acids is 2. The largest absolute Gasteiger partial charge is 0.396 e. The van der Waals surface area contributed by atoms with Gasteiger partial charge in [-0.1, -0.05) is 6.92 Å². The summed E-state index contributed by atoms with van der Waals surface area (Å²) in [7, 11) is 0. The van der Waals surface area contributed by atoms with Crippen LogP contribution in [0.5, 0.6) is 0 Å². The van der Waals surface area contributed by atoms with Gasteiger partial charge in [0.1, 0.15) is 0 Å². The van der Waals surface area contributed by atoms with Gasteiger partial charge >= 0.3 is 6.03 Å². The van der Waals surface area contributed by atoms with Crippen molar-refractivity contribution in [2.45, 2.75) is 26.2 Å². The highest BCUT2D eigenvalue weighted by Gasteiger charge is 2.21. The monoisotopic (exact) mass is 257 g/mol. The lowest BCUT2D eigenvalue weighted by atomic mass is 9.99. The zero-order chi connectivity index (χ0) is 13.4. The van der Waals surface area contributed by atoms with Crippen LogP contribution in [0.15, 0.2) is 0 Å². The number of aliphatic hydroxyl groups is 1. The molecule has 0 aromatic rings. The van der Waals surface area contributed by atoms with Crippen LogP contribution in [0.2, 0.25) is 0 Å². The molecule has 0 spiro atoms. The summed E-state index contributed by atoms with van der Waals surface area (Å²) < 4.78 is 0. The van der Waals surface area contributed by atoms with Crippen LogP contribution in [0.4, 0.5) is 4.79 Å². The van der Waals surface area contributed by atoms with E-state index < -0.39 is 6.03 Å². The van der Waals surface area contributed by atoms with Crippen LogP contribution in [0, 0.1) is 5.92 Å². The maximum absolute atomic E-state index is 11.6. The molecule has 1 rings (SSSR count). The van der Waals surface area contributed by atoms with Gasteiger partial charge < -0.3 is 10.4 Å². The van der Waals surface area contributed by atoms with Crippen molar-refractivity contribution in [3.8, 4) is 0 Å². The van der Waals surface area contributed by atoms with E-state index in [2.05, 4.69) is 10.6 Å². The van der Waals surface area contributed by atoms with Crippen molar-refractivity contribution in [1.29, 1.82) is 0 Å². The second kappa shape index (κ2) is 8.05. The van der Waals surface area contributed by atoms with Crippen LogP contribution in [0.25, 0.3) is 0 Å². The first-order valence-corrected chi connectivity index (χ1v) is 6.56. The molecule has 3 N–H and O–H groups in total. The third kappa shape index (κ3) is 5.46. The first-order valence-electron chi connectivity index (χ1n) is 6.56. The third-order valence-corrected chi connectivity index (χ3v) is 3.02. The van der Waals surface area contributed by atoms with Gasteiger partial charge in [0.25, 0.3) is 0 Å². The highest BCUT2D eigenvalue weighted by atomic mass is 16.3. The molecular formula is C12H23N3O3. The van der Waals surface area contributed by atoms with E-state index >= 15 is 0 Å². The Morgan fingerprint density at radius 2 is 2.22 bits per heavy atom. The van der Waals surface area contributed by atoms with E-state index in [0.29, 0.717) is 6.54 Å². The number of nitrogens with one attached hydrogen (secondary N) is 2. The molecule has 1 saturated heterocycles. The van der Waals surface area contributed by atoms with Crippen molar-refractivity contribution >= 4 is 11.9 Å². The number of carbonyl (C=O) groups is 2. The van der Waals surface area contributed by atoms with Crippen LogP contribution in [0.1, 0.15) is 26.2 Å². The topological polar surface area (TPSA) is 81.7 Å². The molecule has 0 saturated carbocycles. The zero-order valence-corrected chi connectivity index (χ0v) is 10.9. The van der Waals surface area contributed by atoms with E-state index in [1.165, 1.54) is 0 Å². The molecule has 0 aromatic carbocycles. The number of urea groups is 1. The number of piperidine rings is 1. The van der Waals surface area contributed by atoms with Crippen LogP contribution in [0.3, 0.4) is 0 Å². The molecule has 0 aliphatic carbocycles. The smallest absolute Gasteiger partial charge is 0.321 e. The Labute approximate surface area is 108 Å². The van der Waals surface area contributed by atoms with Gasteiger partial charge in [-0.2, -0.15) is 0 Å². The minimum absolute atomic E-state index is 0.162. The second-order valence-electron chi connectivity index (χ2n) is 4.73. The van der Waals surface area contributed by atoms with Crippen molar-refractivity contribution in [3.63, 3.8) is 0 Å². The lowest BCUT2D eigenvalue weighted by Crippen LogP contribution is -2.47. The Bertz CT molecular complexity index is 284. The van der Waals surface area contributed by atoms with Gasteiger partial charge in [0.05, 0.1) is 6.54 Å². The lowest BCUT2D eigenvalue weighted by Gasteiger charge is -2.30. The number of likely N-dealkylation sites (tertiary alicyclic amines) is 1. The number of aliphatic hydroxyl groups excluding tert-OH is 1. The minimum atomic E-state index is -0.433. The highest BCUT2D eigenvalue weighted by molar-refractivity contribution is 5.95. The summed E-state index contributed by atoms with van der Waals surface area (Å²) in [5.41, 5.74) is 0. The van der Waals surface area contributed by atoms with Gasteiger partial charge in [-0.15, -0.1) is 0 Å². The number of amides is 3. The van der Waals surface area contributed by atoms with E-state index in [1.807, 2.05) is 11.8 Å². The summed E-state index contributed by atoms with van der Waals surface area (Å²) in [6.07, 6.45) is 2.83. The summed E-state index contributed by atoms with van der Waals surface area (Å²) in [6.45, 7) is 4.46. The van der Waals surface area contributed by atoms with E-state index in [9.17, 15) is 9.59 Å². The summed E-state index contributed by atoms with van der Waals surface area (Å²) in [5, 5.41) is 14.0. The lowest BCUT2D eigenvalue weighted by molar-refractivity contribution is -0.121. The van der Waals surface area contributed by atoms with Crippen molar-refractivity contribution in [1.82, 2.24) is 15.5 Å². The molecule has 104 valence electrons. The van der Waals surface area contributed by atoms with E-state index in [1.54, 1.807) is 0 Å². The summed E-state index contributed by atoms with van der Waals surface area (Å²) in [4.78, 5) is 24.9.